The van der Waals surface area contributed by atoms with Gasteiger partial charge in [0.15, 0.2) is 5.58 Å². The molecule has 0 radical (unpaired) electrons. The van der Waals surface area contributed by atoms with Crippen LogP contribution in [0.15, 0.2) is 22.6 Å². The van der Waals surface area contributed by atoms with E-state index in [1.54, 1.807) is 18.2 Å². The van der Waals surface area contributed by atoms with Crippen molar-refractivity contribution < 1.29 is 9.21 Å². The second-order valence-electron chi connectivity index (χ2n) is 7.67. The molecule has 0 saturated heterocycles. The molecule has 5 heteroatoms. The topological polar surface area (TPSA) is 55.1 Å². The second-order valence-corrected chi connectivity index (χ2v) is 8.11. The summed E-state index contributed by atoms with van der Waals surface area (Å²) >= 11 is 5.93. The minimum absolute atomic E-state index is 0.0410. The van der Waals surface area contributed by atoms with Crippen molar-refractivity contribution >= 4 is 34.6 Å². The lowest BCUT2D eigenvalue weighted by Gasteiger charge is -2.03. The van der Waals surface area contributed by atoms with E-state index in [4.69, 9.17) is 16.0 Å². The van der Waals surface area contributed by atoms with Gasteiger partial charge >= 0.3 is 6.01 Å². The van der Waals surface area contributed by atoms with Gasteiger partial charge in [-0.2, -0.15) is 4.98 Å². The lowest BCUT2D eigenvalue weighted by atomic mass is 10.0. The first kappa shape index (κ1) is 22.7. The molecule has 0 aliphatic rings. The predicted octanol–water partition coefficient (Wildman–Crippen LogP) is 7.90. The van der Waals surface area contributed by atoms with Crippen LogP contribution in [0.4, 0.5) is 6.01 Å². The maximum atomic E-state index is 12.0. The summed E-state index contributed by atoms with van der Waals surface area (Å²) in [5.74, 6) is -0.0410. The quantitative estimate of drug-likeness (QED) is 0.306. The van der Waals surface area contributed by atoms with E-state index in [-0.39, 0.29) is 11.9 Å². The summed E-state index contributed by atoms with van der Waals surface area (Å²) < 4.78 is 5.51. The average molecular weight is 407 g/mol. The van der Waals surface area contributed by atoms with Gasteiger partial charge in [-0.3, -0.25) is 10.1 Å². The summed E-state index contributed by atoms with van der Waals surface area (Å²) in [6.45, 7) is 2.26. The van der Waals surface area contributed by atoms with Crippen LogP contribution in [0.3, 0.4) is 0 Å². The molecule has 0 fully saturated rings. The third-order valence-corrected chi connectivity index (χ3v) is 5.34. The molecule has 1 amide bonds. The van der Waals surface area contributed by atoms with Gasteiger partial charge in [0.2, 0.25) is 5.91 Å². The normalized spacial score (nSPS) is 11.2. The largest absolute Gasteiger partial charge is 0.423 e. The van der Waals surface area contributed by atoms with Crippen LogP contribution in [0, 0.1) is 0 Å². The summed E-state index contributed by atoms with van der Waals surface area (Å²) in [5.41, 5.74) is 1.28. The van der Waals surface area contributed by atoms with E-state index in [9.17, 15) is 4.79 Å². The Labute approximate surface area is 174 Å². The summed E-state index contributed by atoms with van der Waals surface area (Å²) in [4.78, 5) is 16.3. The average Bonchev–Trinajstić information content (AvgIpc) is 3.06. The van der Waals surface area contributed by atoms with Crippen LogP contribution in [0.2, 0.25) is 5.02 Å². The Morgan fingerprint density at radius 2 is 1.50 bits per heavy atom. The predicted molar refractivity (Wildman–Crippen MR) is 118 cm³/mol. The van der Waals surface area contributed by atoms with Gasteiger partial charge in [-0.1, -0.05) is 95.6 Å². The molecular formula is C23H35ClN2O2. The highest BCUT2D eigenvalue weighted by Gasteiger charge is 2.09. The number of halogens is 1. The Morgan fingerprint density at radius 1 is 0.929 bits per heavy atom. The van der Waals surface area contributed by atoms with Crippen LogP contribution >= 0.6 is 11.6 Å². The number of nitrogens with zero attached hydrogens (tertiary/aromatic N) is 1. The number of benzene rings is 1. The van der Waals surface area contributed by atoms with E-state index in [1.807, 2.05) is 0 Å². The monoisotopic (exact) mass is 406 g/mol. The van der Waals surface area contributed by atoms with Crippen molar-refractivity contribution in [2.24, 2.45) is 0 Å². The first-order valence-electron chi connectivity index (χ1n) is 11.0. The molecule has 2 aromatic rings. The number of hydrogen-bond donors (Lipinski definition) is 1. The molecule has 2 rings (SSSR count). The fraction of sp³-hybridized carbons (Fsp3) is 0.652. The lowest BCUT2D eigenvalue weighted by Crippen LogP contribution is -2.11. The van der Waals surface area contributed by atoms with Crippen LogP contribution in [0.5, 0.6) is 0 Å². The Hall–Kier alpha value is -1.55. The van der Waals surface area contributed by atoms with Crippen molar-refractivity contribution in [1.82, 2.24) is 4.98 Å². The number of rotatable bonds is 15. The van der Waals surface area contributed by atoms with Gasteiger partial charge in [0, 0.05) is 11.4 Å². The summed E-state index contributed by atoms with van der Waals surface area (Å²) in [7, 11) is 0. The summed E-state index contributed by atoms with van der Waals surface area (Å²) in [6.07, 6.45) is 17.4. The molecule has 0 bridgehead atoms. The molecule has 1 N–H and O–H groups in total. The SMILES string of the molecule is CCCCCCCCCCCCCCCC(=O)Nc1nc2cc(Cl)ccc2o1. The van der Waals surface area contributed by atoms with E-state index < -0.39 is 0 Å². The number of nitrogens with one attached hydrogen (secondary N) is 1. The van der Waals surface area contributed by atoms with Gasteiger partial charge in [-0.25, -0.2) is 0 Å². The number of hydrogen-bond acceptors (Lipinski definition) is 3. The van der Waals surface area contributed by atoms with E-state index in [0.717, 1.165) is 12.8 Å². The number of oxazole rings is 1. The Morgan fingerprint density at radius 3 is 2.11 bits per heavy atom. The number of unbranched alkanes of at least 4 members (excludes halogenated alkanes) is 12. The number of carbonyl (C=O) groups excluding carboxylic acids is 1. The minimum Gasteiger partial charge on any atom is -0.423 e. The number of carbonyl (C=O) groups is 1. The molecule has 0 aliphatic heterocycles. The van der Waals surface area contributed by atoms with Crippen LogP contribution in [0.1, 0.15) is 96.8 Å². The van der Waals surface area contributed by atoms with Crippen LogP contribution < -0.4 is 5.32 Å². The van der Waals surface area contributed by atoms with Crippen molar-refractivity contribution in [2.45, 2.75) is 96.8 Å². The number of aromatic nitrogens is 1. The van der Waals surface area contributed by atoms with Crippen molar-refractivity contribution in [3.05, 3.63) is 23.2 Å². The first-order valence-corrected chi connectivity index (χ1v) is 11.4. The van der Waals surface area contributed by atoms with Crippen LogP contribution in [0.25, 0.3) is 11.1 Å². The molecule has 0 saturated carbocycles. The third-order valence-electron chi connectivity index (χ3n) is 5.10. The maximum absolute atomic E-state index is 12.0. The highest BCUT2D eigenvalue weighted by atomic mass is 35.5. The van der Waals surface area contributed by atoms with Gasteiger partial charge in [0.1, 0.15) is 5.52 Å². The van der Waals surface area contributed by atoms with Gasteiger partial charge in [-0.05, 0) is 24.6 Å². The van der Waals surface area contributed by atoms with Crippen molar-refractivity contribution in [2.75, 3.05) is 5.32 Å². The molecule has 0 atom stereocenters. The molecule has 1 aromatic carbocycles. The molecule has 4 nitrogen and oxygen atoms in total. The van der Waals surface area contributed by atoms with Crippen LogP contribution in [-0.4, -0.2) is 10.9 Å². The van der Waals surface area contributed by atoms with Gasteiger partial charge in [0.25, 0.3) is 0 Å². The zero-order chi connectivity index (χ0) is 20.0. The van der Waals surface area contributed by atoms with E-state index in [2.05, 4.69) is 17.2 Å². The zero-order valence-corrected chi connectivity index (χ0v) is 18.0. The first-order chi connectivity index (χ1) is 13.7. The fourth-order valence-electron chi connectivity index (χ4n) is 3.44. The maximum Gasteiger partial charge on any atom is 0.302 e. The minimum atomic E-state index is -0.0410. The van der Waals surface area contributed by atoms with Crippen molar-refractivity contribution in [3.8, 4) is 0 Å². The summed E-state index contributed by atoms with van der Waals surface area (Å²) in [5, 5.41) is 3.34. The molecule has 1 aromatic heterocycles. The molecular weight excluding hydrogens is 372 g/mol. The molecule has 0 unspecified atom stereocenters. The number of fused-ring (bicyclic) bond motifs is 1. The van der Waals surface area contributed by atoms with E-state index in [0.29, 0.717) is 22.5 Å². The number of amides is 1. The van der Waals surface area contributed by atoms with Crippen molar-refractivity contribution in [3.63, 3.8) is 0 Å². The highest BCUT2D eigenvalue weighted by Crippen LogP contribution is 2.22. The number of anilines is 1. The molecule has 0 spiro atoms. The van der Waals surface area contributed by atoms with Gasteiger partial charge in [-0.15, -0.1) is 0 Å². The third kappa shape index (κ3) is 9.09. The van der Waals surface area contributed by atoms with Crippen molar-refractivity contribution in [1.29, 1.82) is 0 Å². The Bertz CT molecular complexity index is 699. The lowest BCUT2D eigenvalue weighted by molar-refractivity contribution is -0.116. The van der Waals surface area contributed by atoms with E-state index >= 15 is 0 Å². The molecule has 1 heterocycles. The summed E-state index contributed by atoms with van der Waals surface area (Å²) in [6, 6.07) is 5.47. The Kier molecular flexibility index (Phi) is 11.0. The smallest absolute Gasteiger partial charge is 0.302 e. The fourth-order valence-corrected chi connectivity index (χ4v) is 3.61. The van der Waals surface area contributed by atoms with Gasteiger partial charge in [0.05, 0.1) is 0 Å². The Balaban J connectivity index is 1.44. The molecule has 0 aliphatic carbocycles. The highest BCUT2D eigenvalue weighted by molar-refractivity contribution is 6.31. The zero-order valence-electron chi connectivity index (χ0n) is 17.3. The van der Waals surface area contributed by atoms with Gasteiger partial charge < -0.3 is 4.42 Å². The molecule has 156 valence electrons. The van der Waals surface area contributed by atoms with E-state index in [1.165, 1.54) is 70.6 Å². The molecule has 28 heavy (non-hydrogen) atoms. The van der Waals surface area contributed by atoms with Crippen LogP contribution in [-0.2, 0) is 4.79 Å². The standard InChI is InChI=1S/C23H35ClN2O2/c1-2-3-4-5-6-7-8-9-10-11-12-13-14-15-22(27)26-23-25-20-18-19(24)16-17-21(20)28-23/h16-18H,2-15H2,1H3,(H,25,26,27). The second kappa shape index (κ2) is 13.6.